The summed E-state index contributed by atoms with van der Waals surface area (Å²) in [5, 5.41) is 10.6. The molecule has 4 aliphatic rings. The third-order valence-corrected chi connectivity index (χ3v) is 9.38. The quantitative estimate of drug-likeness (QED) is 0.410. The highest BCUT2D eigenvalue weighted by atomic mass is 16.6. The van der Waals surface area contributed by atoms with E-state index in [4.69, 9.17) is 9.47 Å². The van der Waals surface area contributed by atoms with Crippen molar-refractivity contribution in [2.75, 3.05) is 24.7 Å². The molecule has 2 fully saturated rings. The predicted octanol–water partition coefficient (Wildman–Crippen LogP) is 4.26. The van der Waals surface area contributed by atoms with Crippen molar-refractivity contribution in [3.63, 3.8) is 0 Å². The fourth-order valence-electron chi connectivity index (χ4n) is 7.62. The van der Waals surface area contributed by atoms with Gasteiger partial charge in [0.1, 0.15) is 23.2 Å². The number of likely N-dealkylation sites (tertiary alicyclic amines) is 1. The lowest BCUT2D eigenvalue weighted by molar-refractivity contribution is -0.161. The Morgan fingerprint density at radius 1 is 1.02 bits per heavy atom. The minimum atomic E-state index is -1.39. The van der Waals surface area contributed by atoms with Crippen LogP contribution in [-0.4, -0.2) is 70.8 Å². The molecule has 1 unspecified atom stereocenters. The first-order valence-electron chi connectivity index (χ1n) is 15.1. The van der Waals surface area contributed by atoms with Crippen molar-refractivity contribution < 1.29 is 29.0 Å². The molecule has 2 saturated heterocycles. The first-order chi connectivity index (χ1) is 19.6. The lowest BCUT2D eigenvalue weighted by Gasteiger charge is -2.41. The minimum Gasteiger partial charge on any atom is -0.465 e. The van der Waals surface area contributed by atoms with Gasteiger partial charge in [0.05, 0.1) is 25.2 Å². The number of allylic oxidation sites excluding steroid dienone is 1. The molecule has 4 heterocycles. The molecule has 8 heteroatoms. The molecule has 0 radical (unpaired) electrons. The summed E-state index contributed by atoms with van der Waals surface area (Å²) in [4.78, 5) is 46.6. The van der Waals surface area contributed by atoms with Crippen molar-refractivity contribution in [2.24, 2.45) is 17.8 Å². The molecule has 1 aromatic rings. The van der Waals surface area contributed by atoms with Crippen LogP contribution in [0.25, 0.3) is 0 Å². The zero-order chi connectivity index (χ0) is 29.5. The lowest BCUT2D eigenvalue weighted by Crippen LogP contribution is -2.59. The van der Waals surface area contributed by atoms with Gasteiger partial charge in [-0.2, -0.15) is 0 Å². The van der Waals surface area contributed by atoms with E-state index in [2.05, 4.69) is 0 Å². The van der Waals surface area contributed by atoms with Crippen molar-refractivity contribution in [2.45, 2.75) is 90.0 Å². The van der Waals surface area contributed by atoms with Crippen LogP contribution < -0.4 is 4.90 Å². The Balaban J connectivity index is 1.72. The highest BCUT2D eigenvalue weighted by molar-refractivity contribution is 6.06. The molecular formula is C33H44N2O6. The van der Waals surface area contributed by atoms with Crippen LogP contribution in [0.5, 0.6) is 0 Å². The number of benzene rings is 1. The zero-order valence-corrected chi connectivity index (χ0v) is 25.0. The third-order valence-electron chi connectivity index (χ3n) is 9.38. The van der Waals surface area contributed by atoms with Crippen LogP contribution in [0, 0.1) is 31.6 Å². The molecule has 8 nitrogen and oxygen atoms in total. The number of aliphatic hydroxyl groups excluding tert-OH is 1. The monoisotopic (exact) mass is 564 g/mol. The largest absolute Gasteiger partial charge is 0.465 e. The summed E-state index contributed by atoms with van der Waals surface area (Å²) in [5.74, 6) is -2.76. The van der Waals surface area contributed by atoms with Crippen molar-refractivity contribution >= 4 is 23.5 Å². The van der Waals surface area contributed by atoms with Crippen molar-refractivity contribution in [3.8, 4) is 0 Å². The fourth-order valence-corrected chi connectivity index (χ4v) is 7.62. The van der Waals surface area contributed by atoms with Gasteiger partial charge in [-0.05, 0) is 63.0 Å². The van der Waals surface area contributed by atoms with Crippen molar-refractivity contribution in [1.29, 1.82) is 0 Å². The van der Waals surface area contributed by atoms with Gasteiger partial charge < -0.3 is 24.4 Å². The Bertz CT molecular complexity index is 1240. The van der Waals surface area contributed by atoms with Gasteiger partial charge in [0, 0.05) is 12.2 Å². The molecule has 1 aromatic carbocycles. The van der Waals surface area contributed by atoms with Crippen LogP contribution in [0.3, 0.4) is 0 Å². The Kier molecular flexibility index (Phi) is 8.18. The third kappa shape index (κ3) is 4.73. The van der Waals surface area contributed by atoms with Crippen LogP contribution in [0.1, 0.15) is 64.0 Å². The standard InChI is InChI=1S/C33H44N2O6/c1-6-32-15-9-7-8-10-18-40-31(39)26(32)25-29(37)35(24(20-36)19-21(2)3)28-30(38)34(17-12-16-33(25,28)41-32)27-22(4)13-11-14-23(27)5/h9,11-16,21,24-26,28,36H,6-8,10,17-20H2,1-5H3/b15-9-/t24-,25+,26-,28?,32+,33+/m1/s1. The van der Waals surface area contributed by atoms with E-state index in [0.717, 1.165) is 36.1 Å². The second-order valence-electron chi connectivity index (χ2n) is 12.5. The number of amides is 2. The summed E-state index contributed by atoms with van der Waals surface area (Å²) < 4.78 is 12.8. The molecule has 0 aromatic heterocycles. The summed E-state index contributed by atoms with van der Waals surface area (Å²) in [6.07, 6.45) is 11.1. The van der Waals surface area contributed by atoms with E-state index in [0.29, 0.717) is 19.4 Å². The Labute approximate surface area is 243 Å². The molecule has 222 valence electrons. The second-order valence-corrected chi connectivity index (χ2v) is 12.5. The number of fused-ring (bicyclic) bond motifs is 2. The van der Waals surface area contributed by atoms with Gasteiger partial charge in [-0.1, -0.05) is 63.3 Å². The Morgan fingerprint density at radius 2 is 1.76 bits per heavy atom. The number of para-hydroxylation sites is 1. The van der Waals surface area contributed by atoms with Gasteiger partial charge in [0.2, 0.25) is 5.91 Å². The van der Waals surface area contributed by atoms with Gasteiger partial charge in [-0.3, -0.25) is 14.4 Å². The van der Waals surface area contributed by atoms with E-state index < -0.39 is 41.1 Å². The van der Waals surface area contributed by atoms with Gasteiger partial charge in [0.25, 0.3) is 5.91 Å². The molecule has 0 aliphatic carbocycles. The first kappa shape index (κ1) is 29.5. The van der Waals surface area contributed by atoms with Gasteiger partial charge in [-0.25, -0.2) is 0 Å². The SMILES string of the molecule is CC[C@]12/C=C\CCCCOC(=O)[C@H]1[C@H]1C(=O)N([C@@H](CO)CC(C)C)C3C(=O)N(c4c(C)cccc4C)CC=C[C@@]31O2. The van der Waals surface area contributed by atoms with Crippen LogP contribution >= 0.6 is 0 Å². The number of rotatable bonds is 6. The van der Waals surface area contributed by atoms with Gasteiger partial charge in [0.15, 0.2) is 0 Å². The average molecular weight is 565 g/mol. The zero-order valence-electron chi connectivity index (χ0n) is 25.0. The summed E-state index contributed by atoms with van der Waals surface area (Å²) in [6.45, 7) is 10.2. The molecule has 0 saturated carbocycles. The van der Waals surface area contributed by atoms with E-state index >= 15 is 0 Å². The maximum absolute atomic E-state index is 14.9. The number of aryl methyl sites for hydroxylation is 2. The average Bonchev–Trinajstić information content (AvgIpc) is 3.30. The number of carbonyl (C=O) groups excluding carboxylic acids is 3. The maximum Gasteiger partial charge on any atom is 0.313 e. The number of hydrogen-bond acceptors (Lipinski definition) is 6. The highest BCUT2D eigenvalue weighted by Crippen LogP contribution is 2.59. The van der Waals surface area contributed by atoms with E-state index in [1.165, 1.54) is 0 Å². The topological polar surface area (TPSA) is 96.4 Å². The summed E-state index contributed by atoms with van der Waals surface area (Å²) in [6, 6.07) is 4.27. The fraction of sp³-hybridized carbons (Fsp3) is 0.606. The molecule has 4 aliphatic heterocycles. The number of cyclic esters (lactones) is 1. The van der Waals surface area contributed by atoms with E-state index in [-0.39, 0.29) is 30.9 Å². The number of anilines is 1. The van der Waals surface area contributed by atoms with Crippen LogP contribution in [-0.2, 0) is 23.9 Å². The molecular weight excluding hydrogens is 520 g/mol. The van der Waals surface area contributed by atoms with Crippen LogP contribution in [0.15, 0.2) is 42.5 Å². The highest BCUT2D eigenvalue weighted by Gasteiger charge is 2.76. The summed E-state index contributed by atoms with van der Waals surface area (Å²) in [5.41, 5.74) is 0.232. The molecule has 6 atom stereocenters. The van der Waals surface area contributed by atoms with Crippen LogP contribution in [0.2, 0.25) is 0 Å². The number of nitrogens with zero attached hydrogens (tertiary/aromatic N) is 2. The summed E-state index contributed by atoms with van der Waals surface area (Å²) >= 11 is 0. The number of esters is 1. The van der Waals surface area contributed by atoms with Crippen molar-refractivity contribution in [3.05, 3.63) is 53.6 Å². The molecule has 2 amide bonds. The number of carbonyl (C=O) groups is 3. The Morgan fingerprint density at radius 3 is 2.41 bits per heavy atom. The lowest BCUT2D eigenvalue weighted by atomic mass is 9.73. The first-order valence-corrected chi connectivity index (χ1v) is 15.1. The van der Waals surface area contributed by atoms with Gasteiger partial charge >= 0.3 is 5.97 Å². The van der Waals surface area contributed by atoms with E-state index in [1.807, 2.05) is 77.1 Å². The molecule has 0 bridgehead atoms. The number of ether oxygens (including phenoxy) is 2. The number of hydrogen-bond donors (Lipinski definition) is 1. The van der Waals surface area contributed by atoms with Gasteiger partial charge in [-0.15, -0.1) is 0 Å². The normalized spacial score (nSPS) is 33.2. The predicted molar refractivity (Wildman–Crippen MR) is 156 cm³/mol. The van der Waals surface area contributed by atoms with Crippen LogP contribution in [0.4, 0.5) is 5.69 Å². The Hall–Kier alpha value is -2.97. The van der Waals surface area contributed by atoms with E-state index in [9.17, 15) is 19.5 Å². The number of aliphatic hydroxyl groups is 1. The molecule has 1 spiro atoms. The second kappa shape index (κ2) is 11.4. The maximum atomic E-state index is 14.9. The molecule has 5 rings (SSSR count). The minimum absolute atomic E-state index is 0.166. The summed E-state index contributed by atoms with van der Waals surface area (Å²) in [7, 11) is 0. The smallest absolute Gasteiger partial charge is 0.313 e. The van der Waals surface area contributed by atoms with E-state index in [1.54, 1.807) is 9.80 Å². The molecule has 1 N–H and O–H groups in total. The molecule has 41 heavy (non-hydrogen) atoms. The van der Waals surface area contributed by atoms with Crippen molar-refractivity contribution in [1.82, 2.24) is 4.90 Å².